The summed E-state index contributed by atoms with van der Waals surface area (Å²) in [4.78, 5) is 6.75. The van der Waals surface area contributed by atoms with Crippen LogP contribution in [0.2, 0.25) is 0 Å². The smallest absolute Gasteiger partial charge is 0.140 e. The molecule has 5 heteroatoms. The molecule has 3 rings (SSSR count). The molecule has 0 atom stereocenters. The Kier molecular flexibility index (Phi) is 3.21. The Labute approximate surface area is 113 Å². The van der Waals surface area contributed by atoms with Crippen LogP contribution in [0.25, 0.3) is 0 Å². The Bertz CT molecular complexity index is 558. The topological polar surface area (TPSA) is 60.0 Å². The molecule has 0 amide bonds. The average molecular weight is 257 g/mol. The maximum Gasteiger partial charge on any atom is 0.140 e. The summed E-state index contributed by atoms with van der Waals surface area (Å²) in [7, 11) is 1.93. The van der Waals surface area contributed by atoms with Gasteiger partial charge >= 0.3 is 0 Å². The van der Waals surface area contributed by atoms with Gasteiger partial charge in [-0.25, -0.2) is 4.98 Å². The first kappa shape index (κ1) is 12.2. The largest absolute Gasteiger partial charge is 0.398 e. The lowest BCUT2D eigenvalue weighted by molar-refractivity contribution is 0.236. The number of para-hydroxylation sites is 1. The van der Waals surface area contributed by atoms with Gasteiger partial charge in [-0.3, -0.25) is 9.58 Å². The number of nitrogens with two attached hydrogens (primary N) is 1. The second-order valence-corrected chi connectivity index (χ2v) is 5.13. The lowest BCUT2D eigenvalue weighted by Gasteiger charge is -2.22. The van der Waals surface area contributed by atoms with Gasteiger partial charge in [0.1, 0.15) is 12.2 Å². The normalized spacial score (nSPS) is 15.1. The molecule has 2 N–H and O–H groups in total. The SMILES string of the molecule is Cn1ncnc1CN(Cc1ccccc1N)C1CC1. The zero-order valence-electron chi connectivity index (χ0n) is 11.2. The van der Waals surface area contributed by atoms with Gasteiger partial charge in [-0.2, -0.15) is 5.10 Å². The number of nitrogens with zero attached hydrogens (tertiary/aromatic N) is 4. The van der Waals surface area contributed by atoms with Crippen molar-refractivity contribution in [1.29, 1.82) is 0 Å². The third-order valence-electron chi connectivity index (χ3n) is 3.64. The number of anilines is 1. The summed E-state index contributed by atoms with van der Waals surface area (Å²) in [6.07, 6.45) is 4.15. The third kappa shape index (κ3) is 2.76. The minimum absolute atomic E-state index is 0.663. The number of nitrogen functional groups attached to an aromatic ring is 1. The first-order chi connectivity index (χ1) is 9.24. The van der Waals surface area contributed by atoms with Crippen molar-refractivity contribution >= 4 is 5.69 Å². The van der Waals surface area contributed by atoms with Gasteiger partial charge in [0.25, 0.3) is 0 Å². The van der Waals surface area contributed by atoms with Crippen LogP contribution < -0.4 is 5.73 Å². The van der Waals surface area contributed by atoms with Gasteiger partial charge in [0.05, 0.1) is 6.54 Å². The first-order valence-electron chi connectivity index (χ1n) is 6.64. The van der Waals surface area contributed by atoms with E-state index in [1.165, 1.54) is 18.4 Å². The maximum absolute atomic E-state index is 6.03. The van der Waals surface area contributed by atoms with E-state index in [0.29, 0.717) is 6.04 Å². The van der Waals surface area contributed by atoms with Crippen LogP contribution in [0.4, 0.5) is 5.69 Å². The average Bonchev–Trinajstić information content (AvgIpc) is 3.17. The summed E-state index contributed by atoms with van der Waals surface area (Å²) in [5.74, 6) is 1.00. The van der Waals surface area contributed by atoms with Crippen LogP contribution in [0.1, 0.15) is 24.2 Å². The van der Waals surface area contributed by atoms with Crippen LogP contribution in [0, 0.1) is 0 Å². The molecule has 1 aromatic carbocycles. The molecule has 1 aromatic heterocycles. The Balaban J connectivity index is 1.75. The lowest BCUT2D eigenvalue weighted by atomic mass is 10.1. The predicted molar refractivity (Wildman–Crippen MR) is 74.1 cm³/mol. The number of aryl methyl sites for hydroxylation is 1. The van der Waals surface area contributed by atoms with Gasteiger partial charge in [-0.1, -0.05) is 18.2 Å². The molecule has 1 aliphatic rings. The van der Waals surface area contributed by atoms with E-state index in [2.05, 4.69) is 21.0 Å². The molecule has 19 heavy (non-hydrogen) atoms. The van der Waals surface area contributed by atoms with Crippen molar-refractivity contribution in [1.82, 2.24) is 19.7 Å². The van der Waals surface area contributed by atoms with Crippen LogP contribution in [-0.2, 0) is 20.1 Å². The number of hydrogen-bond acceptors (Lipinski definition) is 4. The highest BCUT2D eigenvalue weighted by atomic mass is 15.3. The fourth-order valence-corrected chi connectivity index (χ4v) is 2.30. The van der Waals surface area contributed by atoms with Crippen LogP contribution >= 0.6 is 0 Å². The molecule has 1 heterocycles. The summed E-state index contributed by atoms with van der Waals surface area (Å²) in [5, 5.41) is 4.13. The Morgan fingerprint density at radius 3 is 2.74 bits per heavy atom. The Hall–Kier alpha value is -1.88. The van der Waals surface area contributed by atoms with E-state index in [4.69, 9.17) is 5.73 Å². The molecule has 0 saturated heterocycles. The van der Waals surface area contributed by atoms with E-state index in [1.807, 2.05) is 29.9 Å². The molecule has 1 fully saturated rings. The summed E-state index contributed by atoms with van der Waals surface area (Å²) in [6, 6.07) is 8.74. The second kappa shape index (κ2) is 5.01. The van der Waals surface area contributed by atoms with Gasteiger partial charge in [-0.05, 0) is 24.5 Å². The lowest BCUT2D eigenvalue weighted by Crippen LogP contribution is -2.27. The van der Waals surface area contributed by atoms with E-state index in [0.717, 1.165) is 24.6 Å². The first-order valence-corrected chi connectivity index (χ1v) is 6.64. The van der Waals surface area contributed by atoms with Crippen LogP contribution in [0.5, 0.6) is 0 Å². The van der Waals surface area contributed by atoms with Crippen molar-refractivity contribution < 1.29 is 0 Å². The number of rotatable bonds is 5. The summed E-state index contributed by atoms with van der Waals surface area (Å²) >= 11 is 0. The quantitative estimate of drug-likeness (QED) is 0.826. The van der Waals surface area contributed by atoms with E-state index in [9.17, 15) is 0 Å². The fourth-order valence-electron chi connectivity index (χ4n) is 2.30. The highest BCUT2D eigenvalue weighted by Gasteiger charge is 2.30. The second-order valence-electron chi connectivity index (χ2n) is 5.13. The van der Waals surface area contributed by atoms with E-state index >= 15 is 0 Å². The minimum Gasteiger partial charge on any atom is -0.398 e. The van der Waals surface area contributed by atoms with Crippen molar-refractivity contribution in [3.05, 3.63) is 42.0 Å². The third-order valence-corrected chi connectivity index (χ3v) is 3.64. The van der Waals surface area contributed by atoms with Gasteiger partial charge in [0, 0.05) is 25.3 Å². The van der Waals surface area contributed by atoms with Crippen molar-refractivity contribution in [3.63, 3.8) is 0 Å². The highest BCUT2D eigenvalue weighted by Crippen LogP contribution is 2.30. The van der Waals surface area contributed by atoms with E-state index in [1.54, 1.807) is 6.33 Å². The molecule has 0 radical (unpaired) electrons. The molecule has 0 aliphatic heterocycles. The summed E-state index contributed by atoms with van der Waals surface area (Å²) in [6.45, 7) is 1.71. The summed E-state index contributed by atoms with van der Waals surface area (Å²) < 4.78 is 1.84. The maximum atomic E-state index is 6.03. The van der Waals surface area contributed by atoms with E-state index in [-0.39, 0.29) is 0 Å². The molecular weight excluding hydrogens is 238 g/mol. The highest BCUT2D eigenvalue weighted by molar-refractivity contribution is 5.46. The van der Waals surface area contributed by atoms with Crippen LogP contribution in [-0.4, -0.2) is 25.7 Å². The molecule has 0 spiro atoms. The van der Waals surface area contributed by atoms with E-state index < -0.39 is 0 Å². The van der Waals surface area contributed by atoms with Gasteiger partial charge in [-0.15, -0.1) is 0 Å². The van der Waals surface area contributed by atoms with Crippen LogP contribution in [0.15, 0.2) is 30.6 Å². The predicted octanol–water partition coefficient (Wildman–Crippen LogP) is 1.56. The molecule has 0 unspecified atom stereocenters. The molecule has 1 aliphatic carbocycles. The van der Waals surface area contributed by atoms with Gasteiger partial charge in [0.15, 0.2) is 0 Å². The molecule has 100 valence electrons. The van der Waals surface area contributed by atoms with Crippen molar-refractivity contribution in [2.75, 3.05) is 5.73 Å². The number of hydrogen-bond donors (Lipinski definition) is 1. The minimum atomic E-state index is 0.663. The van der Waals surface area contributed by atoms with Gasteiger partial charge < -0.3 is 5.73 Å². The number of benzene rings is 1. The monoisotopic (exact) mass is 257 g/mol. The molecular formula is C14H19N5. The van der Waals surface area contributed by atoms with Gasteiger partial charge in [0.2, 0.25) is 0 Å². The molecule has 1 saturated carbocycles. The molecule has 2 aromatic rings. The Morgan fingerprint density at radius 2 is 2.11 bits per heavy atom. The zero-order valence-corrected chi connectivity index (χ0v) is 11.2. The van der Waals surface area contributed by atoms with Crippen LogP contribution in [0.3, 0.4) is 0 Å². The fraction of sp³-hybridized carbons (Fsp3) is 0.429. The van der Waals surface area contributed by atoms with Crippen molar-refractivity contribution in [3.8, 4) is 0 Å². The van der Waals surface area contributed by atoms with Crippen molar-refractivity contribution in [2.24, 2.45) is 7.05 Å². The summed E-state index contributed by atoms with van der Waals surface area (Å²) in [5.41, 5.74) is 8.09. The Morgan fingerprint density at radius 1 is 1.32 bits per heavy atom. The standard InChI is InChI=1S/C14H19N5/c1-18-14(16-10-17-18)9-19(12-6-7-12)8-11-4-2-3-5-13(11)15/h2-5,10,12H,6-9,15H2,1H3. The zero-order chi connectivity index (χ0) is 13.2. The number of aromatic nitrogens is 3. The molecule has 0 bridgehead atoms. The molecule has 5 nitrogen and oxygen atoms in total. The van der Waals surface area contributed by atoms with Crippen molar-refractivity contribution in [2.45, 2.75) is 32.0 Å².